The van der Waals surface area contributed by atoms with E-state index >= 15 is 0 Å². The van der Waals surface area contributed by atoms with Crippen molar-refractivity contribution in [2.24, 2.45) is 5.92 Å². The lowest BCUT2D eigenvalue weighted by Gasteiger charge is -2.32. The van der Waals surface area contributed by atoms with Crippen LogP contribution in [0.5, 0.6) is 0 Å². The van der Waals surface area contributed by atoms with Gasteiger partial charge in [-0.3, -0.25) is 0 Å². The van der Waals surface area contributed by atoms with Gasteiger partial charge in [-0.25, -0.2) is 14.2 Å². The third-order valence-corrected chi connectivity index (χ3v) is 4.67. The van der Waals surface area contributed by atoms with E-state index in [1.807, 2.05) is 19.9 Å². The Morgan fingerprint density at radius 2 is 2.21 bits per heavy atom. The van der Waals surface area contributed by atoms with Gasteiger partial charge in [0.05, 0.1) is 18.3 Å². The predicted molar refractivity (Wildman–Crippen MR) is 88.0 cm³/mol. The maximum Gasteiger partial charge on any atom is 0.315 e. The summed E-state index contributed by atoms with van der Waals surface area (Å²) in [5, 5.41) is 5.71. The van der Waals surface area contributed by atoms with E-state index in [4.69, 9.17) is 4.42 Å². The van der Waals surface area contributed by atoms with Crippen molar-refractivity contribution in [2.75, 3.05) is 0 Å². The number of carbonyl (C=O) groups is 1. The van der Waals surface area contributed by atoms with Crippen molar-refractivity contribution in [1.82, 2.24) is 15.6 Å². The van der Waals surface area contributed by atoms with E-state index in [0.29, 0.717) is 17.9 Å². The van der Waals surface area contributed by atoms with Crippen LogP contribution in [-0.4, -0.2) is 11.0 Å². The van der Waals surface area contributed by atoms with Crippen LogP contribution in [0.15, 0.2) is 22.6 Å². The maximum atomic E-state index is 14.0. The molecule has 2 atom stereocenters. The van der Waals surface area contributed by atoms with Gasteiger partial charge in [-0.2, -0.15) is 0 Å². The van der Waals surface area contributed by atoms with Crippen molar-refractivity contribution in [3.05, 3.63) is 52.5 Å². The van der Waals surface area contributed by atoms with E-state index < -0.39 is 0 Å². The van der Waals surface area contributed by atoms with Crippen LogP contribution in [0.2, 0.25) is 0 Å². The van der Waals surface area contributed by atoms with Crippen LogP contribution in [0.4, 0.5) is 9.18 Å². The number of hydrogen-bond donors (Lipinski definition) is 2. The van der Waals surface area contributed by atoms with E-state index in [0.717, 1.165) is 23.4 Å². The maximum absolute atomic E-state index is 14.0. The zero-order chi connectivity index (χ0) is 17.3. The quantitative estimate of drug-likeness (QED) is 0.904. The molecule has 6 heteroatoms. The average molecular weight is 331 g/mol. The van der Waals surface area contributed by atoms with Crippen LogP contribution in [0.1, 0.15) is 47.9 Å². The molecule has 2 aromatic rings. The Hall–Kier alpha value is -2.37. The van der Waals surface area contributed by atoms with Gasteiger partial charge in [-0.15, -0.1) is 0 Å². The second-order valence-electron chi connectivity index (χ2n) is 6.38. The van der Waals surface area contributed by atoms with Gasteiger partial charge in [-0.05, 0) is 49.8 Å². The molecule has 2 amide bonds. The number of nitrogens with zero attached hydrogens (tertiary/aromatic N) is 1. The van der Waals surface area contributed by atoms with Crippen molar-refractivity contribution in [2.45, 2.75) is 46.2 Å². The van der Waals surface area contributed by atoms with Crippen molar-refractivity contribution in [3.8, 4) is 0 Å². The van der Waals surface area contributed by atoms with Crippen molar-refractivity contribution >= 4 is 6.03 Å². The lowest BCUT2D eigenvalue weighted by Crippen LogP contribution is -2.41. The molecule has 0 bridgehead atoms. The summed E-state index contributed by atoms with van der Waals surface area (Å²) in [6.07, 6.45) is 1.55. The first-order valence-corrected chi connectivity index (χ1v) is 8.20. The molecule has 1 aliphatic carbocycles. The number of halogens is 1. The van der Waals surface area contributed by atoms with Crippen LogP contribution in [0.3, 0.4) is 0 Å². The highest BCUT2D eigenvalue weighted by molar-refractivity contribution is 5.74. The Bertz CT molecular complexity index is 737. The van der Waals surface area contributed by atoms with E-state index in [1.165, 1.54) is 6.07 Å². The van der Waals surface area contributed by atoms with Crippen LogP contribution in [0.25, 0.3) is 0 Å². The molecule has 0 unspecified atom stereocenters. The largest absolute Gasteiger partial charge is 0.444 e. The summed E-state index contributed by atoms with van der Waals surface area (Å²) in [4.78, 5) is 16.5. The van der Waals surface area contributed by atoms with Crippen molar-refractivity contribution < 1.29 is 13.6 Å². The number of aromatic nitrogens is 1. The summed E-state index contributed by atoms with van der Waals surface area (Å²) in [6.45, 7) is 5.98. The molecule has 5 nitrogen and oxygen atoms in total. The Morgan fingerprint density at radius 1 is 1.42 bits per heavy atom. The fourth-order valence-electron chi connectivity index (χ4n) is 3.16. The number of benzene rings is 1. The SMILES string of the molecule is Cc1nc(CNC(=O)N[C@@H]2c3cccc(F)c3CC[C@H]2C)oc1C. The van der Waals surface area contributed by atoms with Gasteiger partial charge < -0.3 is 15.1 Å². The molecule has 0 saturated heterocycles. The Morgan fingerprint density at radius 3 is 2.92 bits per heavy atom. The number of fused-ring (bicyclic) bond motifs is 1. The van der Waals surface area contributed by atoms with Crippen molar-refractivity contribution in [3.63, 3.8) is 0 Å². The smallest absolute Gasteiger partial charge is 0.315 e. The average Bonchev–Trinajstić information content (AvgIpc) is 2.87. The molecule has 24 heavy (non-hydrogen) atoms. The zero-order valence-corrected chi connectivity index (χ0v) is 14.1. The van der Waals surface area contributed by atoms with E-state index in [1.54, 1.807) is 6.07 Å². The molecule has 0 spiro atoms. The van der Waals surface area contributed by atoms with Gasteiger partial charge in [0.1, 0.15) is 11.6 Å². The first kappa shape index (κ1) is 16.5. The fraction of sp³-hybridized carbons (Fsp3) is 0.444. The highest BCUT2D eigenvalue weighted by Gasteiger charge is 2.29. The molecule has 2 N–H and O–H groups in total. The molecular formula is C18H22FN3O2. The Balaban J connectivity index is 1.67. The van der Waals surface area contributed by atoms with E-state index in [-0.39, 0.29) is 30.4 Å². The summed E-state index contributed by atoms with van der Waals surface area (Å²) in [6, 6.07) is 4.55. The standard InChI is InChI=1S/C18H22FN3O2/c1-10-7-8-13-14(5-4-6-15(13)19)17(10)22-18(23)20-9-16-21-11(2)12(3)24-16/h4-6,10,17H,7-9H2,1-3H3,(H2,20,22,23)/t10-,17+/m1/s1. The third kappa shape index (κ3) is 3.27. The fourth-order valence-corrected chi connectivity index (χ4v) is 3.16. The molecule has 0 fully saturated rings. The summed E-state index contributed by atoms with van der Waals surface area (Å²) in [5.41, 5.74) is 2.39. The number of oxazole rings is 1. The molecular weight excluding hydrogens is 309 g/mol. The van der Waals surface area contributed by atoms with Gasteiger partial charge in [-0.1, -0.05) is 19.1 Å². The van der Waals surface area contributed by atoms with Crippen LogP contribution < -0.4 is 10.6 Å². The second kappa shape index (κ2) is 6.63. The molecule has 0 aliphatic heterocycles. The van der Waals surface area contributed by atoms with Gasteiger partial charge in [0.2, 0.25) is 5.89 Å². The first-order chi connectivity index (χ1) is 11.5. The van der Waals surface area contributed by atoms with Crippen LogP contribution >= 0.6 is 0 Å². The first-order valence-electron chi connectivity index (χ1n) is 8.20. The number of nitrogens with one attached hydrogen (secondary N) is 2. The molecule has 0 saturated carbocycles. The number of amides is 2. The molecule has 0 radical (unpaired) electrons. The second-order valence-corrected chi connectivity index (χ2v) is 6.38. The lowest BCUT2D eigenvalue weighted by atomic mass is 9.80. The van der Waals surface area contributed by atoms with Crippen molar-refractivity contribution in [1.29, 1.82) is 0 Å². The summed E-state index contributed by atoms with van der Waals surface area (Å²) in [5.74, 6) is 1.27. The van der Waals surface area contributed by atoms with Crippen LogP contribution in [0, 0.1) is 25.6 Å². The predicted octanol–water partition coefficient (Wildman–Crippen LogP) is 3.55. The zero-order valence-electron chi connectivity index (χ0n) is 14.1. The van der Waals surface area contributed by atoms with E-state index in [2.05, 4.69) is 22.5 Å². The van der Waals surface area contributed by atoms with Gasteiger partial charge >= 0.3 is 6.03 Å². The highest BCUT2D eigenvalue weighted by atomic mass is 19.1. The highest BCUT2D eigenvalue weighted by Crippen LogP contribution is 2.35. The van der Waals surface area contributed by atoms with E-state index in [9.17, 15) is 9.18 Å². The number of hydrogen-bond acceptors (Lipinski definition) is 3. The Kier molecular flexibility index (Phi) is 4.55. The molecule has 1 heterocycles. The number of carbonyl (C=O) groups excluding carboxylic acids is 1. The summed E-state index contributed by atoms with van der Waals surface area (Å²) < 4.78 is 19.4. The molecule has 1 aromatic carbocycles. The number of rotatable bonds is 3. The van der Waals surface area contributed by atoms with Gasteiger partial charge in [0.15, 0.2) is 0 Å². The molecule has 1 aromatic heterocycles. The normalized spacial score (nSPS) is 19.7. The van der Waals surface area contributed by atoms with Gasteiger partial charge in [0, 0.05) is 0 Å². The monoisotopic (exact) mass is 331 g/mol. The summed E-state index contributed by atoms with van der Waals surface area (Å²) >= 11 is 0. The topological polar surface area (TPSA) is 67.2 Å². The van der Waals surface area contributed by atoms with Crippen LogP contribution in [-0.2, 0) is 13.0 Å². The number of aryl methyl sites for hydroxylation is 2. The minimum atomic E-state index is -0.308. The minimum Gasteiger partial charge on any atom is -0.444 e. The number of urea groups is 1. The Labute approximate surface area is 140 Å². The summed E-state index contributed by atoms with van der Waals surface area (Å²) in [7, 11) is 0. The molecule has 1 aliphatic rings. The minimum absolute atomic E-state index is 0.197. The molecule has 128 valence electrons. The van der Waals surface area contributed by atoms with Gasteiger partial charge in [0.25, 0.3) is 0 Å². The third-order valence-electron chi connectivity index (χ3n) is 4.67. The lowest BCUT2D eigenvalue weighted by molar-refractivity contribution is 0.227. The molecule has 3 rings (SSSR count).